The molecule has 1 N–H and O–H groups in total. The van der Waals surface area contributed by atoms with Crippen molar-refractivity contribution in [3.63, 3.8) is 0 Å². The van der Waals surface area contributed by atoms with Gasteiger partial charge >= 0.3 is 5.97 Å². The number of carboxylic acid groups (broad SMARTS) is 1. The molecule has 2 heterocycles. The number of benzene rings is 2. The van der Waals surface area contributed by atoms with E-state index >= 15 is 0 Å². The Bertz CT molecular complexity index is 1220. The van der Waals surface area contributed by atoms with Gasteiger partial charge < -0.3 is 9.84 Å². The smallest absolute Gasteiger partial charge is 0.330 e. The van der Waals surface area contributed by atoms with Crippen molar-refractivity contribution in [1.82, 2.24) is 4.98 Å². The van der Waals surface area contributed by atoms with Gasteiger partial charge in [-0.2, -0.15) is 0 Å². The number of fused-ring (bicyclic) bond motifs is 1. The van der Waals surface area contributed by atoms with E-state index in [4.69, 9.17) is 4.74 Å². The number of rotatable bonds is 5. The predicted octanol–water partition coefficient (Wildman–Crippen LogP) is 5.48. The molecule has 1 amide bonds. The maximum atomic E-state index is 13.9. The molecule has 1 unspecified atom stereocenters. The number of amides is 1. The molecule has 2 aromatic carbocycles. The first-order chi connectivity index (χ1) is 15.6. The molecule has 8 heteroatoms. The van der Waals surface area contributed by atoms with Crippen LogP contribution in [0.15, 0.2) is 51.8 Å². The minimum absolute atomic E-state index is 0.112. The lowest BCUT2D eigenvalue weighted by molar-refractivity contribution is -0.143. The molecule has 0 radical (unpaired) electrons. The fraction of sp³-hybridized carbons (Fsp3) is 0.320. The Balaban J connectivity index is 1.86. The molecule has 0 bridgehead atoms. The van der Waals surface area contributed by atoms with Crippen LogP contribution in [0.25, 0.3) is 0 Å². The number of aromatic nitrogens is 1. The average molecular weight is 529 g/mol. The standard InChI is InChI=1S/C25H25BrN2O4S/c1-24(2,3)19-7-5-15(10-21(19)32-4)22(29)28-20-8-6-17(26)9-16(20)11-25(28,23(30)31)12-18-13-33-14-27-18/h5-10,13-14H,11-12H2,1-4H3,(H,30,31). The number of methoxy groups -OCH3 is 1. The summed E-state index contributed by atoms with van der Waals surface area (Å²) in [7, 11) is 1.57. The van der Waals surface area contributed by atoms with E-state index in [0.29, 0.717) is 22.7 Å². The summed E-state index contributed by atoms with van der Waals surface area (Å²) in [5.74, 6) is -0.842. The Morgan fingerprint density at radius 1 is 1.24 bits per heavy atom. The molecule has 0 fully saturated rings. The average Bonchev–Trinajstić information content (AvgIpc) is 3.37. The lowest BCUT2D eigenvalue weighted by Gasteiger charge is -2.35. The van der Waals surface area contributed by atoms with Crippen molar-refractivity contribution < 1.29 is 19.4 Å². The molecule has 1 aliphatic heterocycles. The zero-order valence-corrected chi connectivity index (χ0v) is 21.3. The summed E-state index contributed by atoms with van der Waals surface area (Å²) in [4.78, 5) is 32.5. The summed E-state index contributed by atoms with van der Waals surface area (Å²) in [6, 6.07) is 10.8. The maximum absolute atomic E-state index is 13.9. The summed E-state index contributed by atoms with van der Waals surface area (Å²) in [6.07, 6.45) is 0.304. The summed E-state index contributed by atoms with van der Waals surface area (Å²) < 4.78 is 6.43. The number of anilines is 1. The summed E-state index contributed by atoms with van der Waals surface area (Å²) in [5, 5.41) is 12.3. The van der Waals surface area contributed by atoms with Gasteiger partial charge in [-0.25, -0.2) is 9.78 Å². The molecular weight excluding hydrogens is 504 g/mol. The van der Waals surface area contributed by atoms with Crippen molar-refractivity contribution >= 4 is 44.8 Å². The fourth-order valence-electron chi connectivity index (χ4n) is 4.43. The van der Waals surface area contributed by atoms with Crippen molar-refractivity contribution in [3.8, 4) is 5.75 Å². The number of aliphatic carboxylic acids is 1. The number of ether oxygens (including phenoxy) is 1. The van der Waals surface area contributed by atoms with Gasteiger partial charge in [-0.3, -0.25) is 9.69 Å². The van der Waals surface area contributed by atoms with Crippen LogP contribution in [-0.2, 0) is 23.1 Å². The van der Waals surface area contributed by atoms with Crippen molar-refractivity contribution in [2.45, 2.75) is 44.6 Å². The van der Waals surface area contributed by atoms with Crippen LogP contribution < -0.4 is 9.64 Å². The van der Waals surface area contributed by atoms with Gasteiger partial charge in [0.1, 0.15) is 5.75 Å². The third-order valence-electron chi connectivity index (χ3n) is 6.01. The molecule has 1 atom stereocenters. The lowest BCUT2D eigenvalue weighted by atomic mass is 9.85. The molecule has 1 aromatic heterocycles. The highest BCUT2D eigenvalue weighted by Gasteiger charge is 2.53. The van der Waals surface area contributed by atoms with E-state index in [1.54, 1.807) is 30.8 Å². The quantitative estimate of drug-likeness (QED) is 0.474. The van der Waals surface area contributed by atoms with Gasteiger partial charge in [0, 0.05) is 33.9 Å². The van der Waals surface area contributed by atoms with Crippen molar-refractivity contribution in [2.24, 2.45) is 0 Å². The molecule has 0 saturated carbocycles. The lowest BCUT2D eigenvalue weighted by Crippen LogP contribution is -2.57. The Labute approximate surface area is 205 Å². The van der Waals surface area contributed by atoms with Crippen LogP contribution in [0.5, 0.6) is 5.75 Å². The second-order valence-electron chi connectivity index (χ2n) is 9.25. The van der Waals surface area contributed by atoms with Crippen molar-refractivity contribution in [1.29, 1.82) is 0 Å². The van der Waals surface area contributed by atoms with Gasteiger partial charge in [0.05, 0.1) is 18.3 Å². The van der Waals surface area contributed by atoms with Crippen molar-refractivity contribution in [2.75, 3.05) is 12.0 Å². The number of thiazole rings is 1. The number of carbonyl (C=O) groups excluding carboxylic acids is 1. The summed E-state index contributed by atoms with van der Waals surface area (Å²) in [5.41, 5.74) is 3.41. The number of halogens is 1. The maximum Gasteiger partial charge on any atom is 0.330 e. The van der Waals surface area contributed by atoms with E-state index in [-0.39, 0.29) is 24.2 Å². The zero-order chi connectivity index (χ0) is 24.0. The van der Waals surface area contributed by atoms with Crippen molar-refractivity contribution in [3.05, 3.63) is 74.1 Å². The third-order valence-corrected chi connectivity index (χ3v) is 7.14. The summed E-state index contributed by atoms with van der Waals surface area (Å²) in [6.45, 7) is 6.22. The Hall–Kier alpha value is -2.71. The van der Waals surface area contributed by atoms with Gasteiger partial charge in [-0.15, -0.1) is 11.3 Å². The third kappa shape index (κ3) is 4.17. The van der Waals surface area contributed by atoms with Gasteiger partial charge in [-0.05, 0) is 46.9 Å². The number of carbonyl (C=O) groups is 2. The molecular formula is C25H25BrN2O4S. The Morgan fingerprint density at radius 3 is 2.61 bits per heavy atom. The first-order valence-corrected chi connectivity index (χ1v) is 12.2. The second-order valence-corrected chi connectivity index (χ2v) is 10.9. The van der Waals surface area contributed by atoms with Crippen LogP contribution in [0, 0.1) is 0 Å². The first kappa shape index (κ1) is 23.4. The zero-order valence-electron chi connectivity index (χ0n) is 18.9. The monoisotopic (exact) mass is 528 g/mol. The minimum Gasteiger partial charge on any atom is -0.496 e. The normalized spacial score (nSPS) is 17.7. The molecule has 172 valence electrons. The molecule has 0 spiro atoms. The molecule has 1 aliphatic rings. The number of hydrogen-bond acceptors (Lipinski definition) is 5. The van der Waals surface area contributed by atoms with Gasteiger partial charge in [0.25, 0.3) is 5.91 Å². The van der Waals surface area contributed by atoms with Crippen LogP contribution >= 0.6 is 27.3 Å². The van der Waals surface area contributed by atoms with Crippen LogP contribution in [0.1, 0.15) is 48.0 Å². The number of carboxylic acids is 1. The Morgan fingerprint density at radius 2 is 2.00 bits per heavy atom. The van der Waals surface area contributed by atoms with Crippen LogP contribution in [-0.4, -0.2) is 34.6 Å². The predicted molar refractivity (Wildman–Crippen MR) is 133 cm³/mol. The first-order valence-electron chi connectivity index (χ1n) is 10.5. The molecule has 3 aromatic rings. The molecule has 6 nitrogen and oxygen atoms in total. The Kier molecular flexibility index (Phi) is 6.09. The van der Waals surface area contributed by atoms with E-state index in [1.165, 1.54) is 16.2 Å². The molecule has 0 aliphatic carbocycles. The highest BCUT2D eigenvalue weighted by molar-refractivity contribution is 9.10. The molecule has 33 heavy (non-hydrogen) atoms. The largest absolute Gasteiger partial charge is 0.496 e. The van der Waals surface area contributed by atoms with E-state index in [2.05, 4.69) is 41.7 Å². The highest BCUT2D eigenvalue weighted by Crippen LogP contribution is 2.44. The SMILES string of the molecule is COc1cc(C(=O)N2c3ccc(Br)cc3CC2(Cc2cscn2)C(=O)O)ccc1C(C)(C)C. The fourth-order valence-corrected chi connectivity index (χ4v) is 5.40. The van der Waals surface area contributed by atoms with E-state index < -0.39 is 11.5 Å². The second kappa shape index (κ2) is 8.57. The van der Waals surface area contributed by atoms with Gasteiger partial charge in [-0.1, -0.05) is 42.8 Å². The van der Waals surface area contributed by atoms with Crippen LogP contribution in [0.3, 0.4) is 0 Å². The van der Waals surface area contributed by atoms with Crippen LogP contribution in [0.2, 0.25) is 0 Å². The van der Waals surface area contributed by atoms with Gasteiger partial charge in [0.15, 0.2) is 5.54 Å². The number of nitrogens with zero attached hydrogens (tertiary/aromatic N) is 2. The highest BCUT2D eigenvalue weighted by atomic mass is 79.9. The molecule has 0 saturated heterocycles. The van der Waals surface area contributed by atoms with E-state index in [9.17, 15) is 14.7 Å². The summed E-state index contributed by atoms with van der Waals surface area (Å²) >= 11 is 4.87. The van der Waals surface area contributed by atoms with E-state index in [0.717, 1.165) is 15.6 Å². The number of hydrogen-bond donors (Lipinski definition) is 1. The topological polar surface area (TPSA) is 79.7 Å². The minimum atomic E-state index is -1.48. The van der Waals surface area contributed by atoms with Gasteiger partial charge in [0.2, 0.25) is 0 Å². The molecule has 4 rings (SSSR count). The van der Waals surface area contributed by atoms with E-state index in [1.807, 2.05) is 23.6 Å². The van der Waals surface area contributed by atoms with Crippen LogP contribution in [0.4, 0.5) is 5.69 Å².